The van der Waals surface area contributed by atoms with E-state index in [2.05, 4.69) is 36.2 Å². The van der Waals surface area contributed by atoms with Crippen LogP contribution in [0.15, 0.2) is 28.3 Å². The smallest absolute Gasteiger partial charge is 0.0898 e. The van der Waals surface area contributed by atoms with Gasteiger partial charge in [-0.25, -0.2) is 4.98 Å². The third kappa shape index (κ3) is 2.80. The first-order valence-electron chi connectivity index (χ1n) is 4.88. The molecular weight excluding hydrogens is 286 g/mol. The summed E-state index contributed by atoms with van der Waals surface area (Å²) in [6, 6.07) is 2.05. The maximum atomic E-state index is 4.44. The normalized spacial score (nSPS) is 10.4. The topological polar surface area (TPSA) is 29.0 Å². The van der Waals surface area contributed by atoms with Gasteiger partial charge in [0.05, 0.1) is 29.1 Å². The molecule has 0 atom stereocenters. The minimum absolute atomic E-state index is 0.808. The summed E-state index contributed by atoms with van der Waals surface area (Å²) in [5, 5.41) is 3.20. The Morgan fingerprint density at radius 1 is 1.44 bits per heavy atom. The van der Waals surface area contributed by atoms with Gasteiger partial charge < -0.3 is 4.90 Å². The van der Waals surface area contributed by atoms with Crippen LogP contribution in [-0.2, 0) is 6.54 Å². The van der Waals surface area contributed by atoms with Gasteiger partial charge >= 0.3 is 0 Å². The van der Waals surface area contributed by atoms with Gasteiger partial charge in [0.15, 0.2) is 0 Å². The van der Waals surface area contributed by atoms with Gasteiger partial charge in [-0.3, -0.25) is 4.98 Å². The number of aryl methyl sites for hydroxylation is 1. The number of aromatic nitrogens is 2. The molecule has 0 aromatic carbocycles. The maximum absolute atomic E-state index is 4.44. The van der Waals surface area contributed by atoms with Gasteiger partial charge in [0, 0.05) is 23.1 Å². The van der Waals surface area contributed by atoms with E-state index in [1.54, 1.807) is 17.5 Å². The van der Waals surface area contributed by atoms with E-state index in [0.717, 1.165) is 27.4 Å². The molecule has 0 unspecified atom stereocenters. The Labute approximate surface area is 107 Å². The summed E-state index contributed by atoms with van der Waals surface area (Å²) >= 11 is 5.10. The zero-order valence-corrected chi connectivity index (χ0v) is 11.5. The van der Waals surface area contributed by atoms with Crippen molar-refractivity contribution in [1.82, 2.24) is 9.97 Å². The summed E-state index contributed by atoms with van der Waals surface area (Å²) in [6.07, 6.45) is 3.63. The van der Waals surface area contributed by atoms with E-state index < -0.39 is 0 Å². The van der Waals surface area contributed by atoms with Crippen molar-refractivity contribution in [3.63, 3.8) is 0 Å². The zero-order chi connectivity index (χ0) is 11.5. The first-order chi connectivity index (χ1) is 7.65. The van der Waals surface area contributed by atoms with Gasteiger partial charge in [-0.05, 0) is 28.9 Å². The average Bonchev–Trinajstić information content (AvgIpc) is 2.64. The molecule has 0 aliphatic rings. The molecule has 3 nitrogen and oxygen atoms in total. The monoisotopic (exact) mass is 297 g/mol. The Kier molecular flexibility index (Phi) is 3.56. The van der Waals surface area contributed by atoms with Crippen LogP contribution in [0.1, 0.15) is 10.7 Å². The van der Waals surface area contributed by atoms with E-state index >= 15 is 0 Å². The largest absolute Gasteiger partial charge is 0.367 e. The van der Waals surface area contributed by atoms with Crippen molar-refractivity contribution in [2.75, 3.05) is 11.9 Å². The highest BCUT2D eigenvalue weighted by atomic mass is 79.9. The van der Waals surface area contributed by atoms with Gasteiger partial charge in [-0.15, -0.1) is 11.3 Å². The van der Waals surface area contributed by atoms with Crippen molar-refractivity contribution in [3.05, 3.63) is 39.0 Å². The van der Waals surface area contributed by atoms with Crippen LogP contribution in [0.3, 0.4) is 0 Å². The van der Waals surface area contributed by atoms with Gasteiger partial charge in [-0.1, -0.05) is 0 Å². The van der Waals surface area contributed by atoms with E-state index in [9.17, 15) is 0 Å². The molecule has 2 heterocycles. The average molecular weight is 298 g/mol. The lowest BCUT2D eigenvalue weighted by Gasteiger charge is -2.17. The summed E-state index contributed by atoms with van der Waals surface area (Å²) in [5.74, 6) is 0. The Morgan fingerprint density at radius 3 is 2.88 bits per heavy atom. The molecule has 2 aromatic rings. The number of anilines is 1. The summed E-state index contributed by atoms with van der Waals surface area (Å²) in [5.41, 5.74) is 2.19. The van der Waals surface area contributed by atoms with Gasteiger partial charge in [-0.2, -0.15) is 0 Å². The molecule has 0 bridgehead atoms. The van der Waals surface area contributed by atoms with E-state index in [1.165, 1.54) is 0 Å². The fraction of sp³-hybridized carbons (Fsp3) is 0.273. The number of pyridine rings is 1. The minimum Gasteiger partial charge on any atom is -0.367 e. The summed E-state index contributed by atoms with van der Waals surface area (Å²) in [7, 11) is 2.04. The van der Waals surface area contributed by atoms with E-state index in [4.69, 9.17) is 0 Å². The Morgan fingerprint density at radius 2 is 2.25 bits per heavy atom. The van der Waals surface area contributed by atoms with Crippen molar-refractivity contribution >= 4 is 33.0 Å². The highest BCUT2D eigenvalue weighted by molar-refractivity contribution is 9.10. The molecule has 5 heteroatoms. The van der Waals surface area contributed by atoms with E-state index in [-0.39, 0.29) is 0 Å². The Bertz CT molecular complexity index is 484. The Hall–Kier alpha value is -0.940. The molecule has 16 heavy (non-hydrogen) atoms. The van der Waals surface area contributed by atoms with Gasteiger partial charge in [0.25, 0.3) is 0 Å². The summed E-state index contributed by atoms with van der Waals surface area (Å²) in [6.45, 7) is 2.83. The second kappa shape index (κ2) is 4.93. The SMILES string of the molecule is Cc1nc(CN(C)c2cncc(Br)c2)cs1. The molecule has 0 spiro atoms. The van der Waals surface area contributed by atoms with Crippen molar-refractivity contribution < 1.29 is 0 Å². The summed E-state index contributed by atoms with van der Waals surface area (Å²) < 4.78 is 0.992. The summed E-state index contributed by atoms with van der Waals surface area (Å²) in [4.78, 5) is 10.7. The number of hydrogen-bond acceptors (Lipinski definition) is 4. The van der Waals surface area contributed by atoms with E-state index in [0.29, 0.717) is 0 Å². The van der Waals surface area contributed by atoms with Crippen LogP contribution in [0.25, 0.3) is 0 Å². The molecule has 2 aromatic heterocycles. The number of thiazole rings is 1. The van der Waals surface area contributed by atoms with Crippen LogP contribution in [0.5, 0.6) is 0 Å². The lowest BCUT2D eigenvalue weighted by atomic mass is 10.3. The molecule has 0 aliphatic carbocycles. The fourth-order valence-electron chi connectivity index (χ4n) is 1.42. The highest BCUT2D eigenvalue weighted by Crippen LogP contribution is 2.19. The minimum atomic E-state index is 0.808. The standard InChI is InChI=1S/C11H12BrN3S/c1-8-14-10(7-16-8)6-15(2)11-3-9(12)4-13-5-11/h3-5,7H,6H2,1-2H3. The molecule has 0 saturated carbocycles. The molecule has 0 saturated heterocycles. The quantitative estimate of drug-likeness (QED) is 0.871. The molecular formula is C11H12BrN3S. The third-order valence-corrected chi connectivity index (χ3v) is 3.45. The predicted octanol–water partition coefficient (Wildman–Crippen LogP) is 3.25. The number of rotatable bonds is 3. The second-order valence-corrected chi connectivity index (χ2v) is 5.55. The van der Waals surface area contributed by atoms with Crippen LogP contribution in [0.4, 0.5) is 5.69 Å². The molecule has 0 N–H and O–H groups in total. The molecule has 0 aliphatic heterocycles. The molecule has 0 fully saturated rings. The predicted molar refractivity (Wildman–Crippen MR) is 70.9 cm³/mol. The first kappa shape index (κ1) is 11.5. The lowest BCUT2D eigenvalue weighted by molar-refractivity contribution is 0.886. The molecule has 84 valence electrons. The van der Waals surface area contributed by atoms with Crippen LogP contribution < -0.4 is 4.90 Å². The van der Waals surface area contributed by atoms with Crippen molar-refractivity contribution in [2.45, 2.75) is 13.5 Å². The van der Waals surface area contributed by atoms with E-state index in [1.807, 2.05) is 26.2 Å². The van der Waals surface area contributed by atoms with Crippen LogP contribution >= 0.6 is 27.3 Å². The number of halogens is 1. The molecule has 0 amide bonds. The third-order valence-electron chi connectivity index (χ3n) is 2.20. The van der Waals surface area contributed by atoms with Gasteiger partial charge in [0.1, 0.15) is 0 Å². The second-order valence-electron chi connectivity index (χ2n) is 3.58. The zero-order valence-electron chi connectivity index (χ0n) is 9.14. The lowest BCUT2D eigenvalue weighted by Crippen LogP contribution is -2.16. The number of hydrogen-bond donors (Lipinski definition) is 0. The molecule has 0 radical (unpaired) electrons. The van der Waals surface area contributed by atoms with Crippen LogP contribution in [0.2, 0.25) is 0 Å². The van der Waals surface area contributed by atoms with Gasteiger partial charge in [0.2, 0.25) is 0 Å². The highest BCUT2D eigenvalue weighted by Gasteiger charge is 2.05. The fourth-order valence-corrected chi connectivity index (χ4v) is 2.38. The molecule has 2 rings (SSSR count). The van der Waals surface area contributed by atoms with Crippen LogP contribution in [-0.4, -0.2) is 17.0 Å². The van der Waals surface area contributed by atoms with Crippen LogP contribution in [0, 0.1) is 6.92 Å². The Balaban J connectivity index is 2.11. The first-order valence-corrected chi connectivity index (χ1v) is 6.55. The van der Waals surface area contributed by atoms with Crippen molar-refractivity contribution in [2.24, 2.45) is 0 Å². The van der Waals surface area contributed by atoms with Crippen molar-refractivity contribution in [3.8, 4) is 0 Å². The number of nitrogens with zero attached hydrogens (tertiary/aromatic N) is 3. The van der Waals surface area contributed by atoms with Crippen molar-refractivity contribution in [1.29, 1.82) is 0 Å². The maximum Gasteiger partial charge on any atom is 0.0898 e.